The lowest BCUT2D eigenvalue weighted by Gasteiger charge is -2.09. The van der Waals surface area contributed by atoms with Crippen LogP contribution in [0.1, 0.15) is 81.9 Å². The van der Waals surface area contributed by atoms with Crippen LogP contribution in [0.25, 0.3) is 11.1 Å². The summed E-state index contributed by atoms with van der Waals surface area (Å²) in [5.74, 6) is 0. The number of aryl methyl sites for hydroxylation is 2. The third-order valence-corrected chi connectivity index (χ3v) is 5.11. The zero-order valence-corrected chi connectivity index (χ0v) is 16.6. The van der Waals surface area contributed by atoms with Crippen LogP contribution in [0.5, 0.6) is 0 Å². The number of rotatable bonds is 11. The zero-order valence-electron chi connectivity index (χ0n) is 16.6. The molecule has 0 atom stereocenters. The summed E-state index contributed by atoms with van der Waals surface area (Å²) in [5, 5.41) is 9.59. The normalized spacial score (nSPS) is 10.7. The Morgan fingerprint density at radius 2 is 1.27 bits per heavy atom. The van der Waals surface area contributed by atoms with Crippen molar-refractivity contribution in [3.05, 3.63) is 59.2 Å². The van der Waals surface area contributed by atoms with Gasteiger partial charge in [0, 0.05) is 0 Å². The van der Waals surface area contributed by atoms with E-state index in [-0.39, 0.29) is 0 Å². The first kappa shape index (κ1) is 20.2. The molecule has 0 saturated heterocycles. The molecule has 0 radical (unpaired) electrons. The monoisotopic (exact) mass is 347 g/mol. The molecule has 0 saturated carbocycles. The topological polar surface area (TPSA) is 23.8 Å². The van der Waals surface area contributed by atoms with Crippen LogP contribution in [0.15, 0.2) is 42.5 Å². The summed E-state index contributed by atoms with van der Waals surface area (Å²) in [6, 6.07) is 17.6. The van der Waals surface area contributed by atoms with E-state index in [1.165, 1.54) is 62.5 Å². The number of unbranched alkanes of at least 4 members (excludes halogenated alkanes) is 6. The largest absolute Gasteiger partial charge is 0.192 e. The highest BCUT2D eigenvalue weighted by Gasteiger charge is 2.07. The van der Waals surface area contributed by atoms with Crippen LogP contribution in [-0.4, -0.2) is 0 Å². The van der Waals surface area contributed by atoms with E-state index in [0.29, 0.717) is 0 Å². The first-order valence-corrected chi connectivity index (χ1v) is 10.4. The SMILES string of the molecule is CCCCCCc1ccc(-c2ccc(CCCCCC)cc2C#N)cc1. The maximum absolute atomic E-state index is 9.59. The van der Waals surface area contributed by atoms with Crippen molar-refractivity contribution < 1.29 is 0 Å². The summed E-state index contributed by atoms with van der Waals surface area (Å²) >= 11 is 0. The van der Waals surface area contributed by atoms with Crippen LogP contribution < -0.4 is 0 Å². The van der Waals surface area contributed by atoms with Crippen LogP contribution in [0, 0.1) is 11.3 Å². The molecule has 1 nitrogen and oxygen atoms in total. The summed E-state index contributed by atoms with van der Waals surface area (Å²) in [6.07, 6.45) is 12.5. The molecular formula is C25H33N. The predicted octanol–water partition coefficient (Wildman–Crippen LogP) is 7.47. The van der Waals surface area contributed by atoms with Gasteiger partial charge in [-0.15, -0.1) is 0 Å². The molecule has 26 heavy (non-hydrogen) atoms. The van der Waals surface area contributed by atoms with Gasteiger partial charge in [-0.25, -0.2) is 0 Å². The number of benzene rings is 2. The highest BCUT2D eigenvalue weighted by molar-refractivity contribution is 5.71. The molecule has 138 valence electrons. The Morgan fingerprint density at radius 3 is 1.85 bits per heavy atom. The molecule has 0 fully saturated rings. The average Bonchev–Trinajstić information content (AvgIpc) is 2.69. The Morgan fingerprint density at radius 1 is 0.692 bits per heavy atom. The van der Waals surface area contributed by atoms with Gasteiger partial charge in [-0.1, -0.05) is 88.8 Å². The fourth-order valence-corrected chi connectivity index (χ4v) is 3.45. The Bertz CT molecular complexity index is 691. The van der Waals surface area contributed by atoms with Crippen molar-refractivity contribution >= 4 is 0 Å². The molecule has 2 rings (SSSR count). The summed E-state index contributed by atoms with van der Waals surface area (Å²) in [7, 11) is 0. The average molecular weight is 348 g/mol. The number of hydrogen-bond acceptors (Lipinski definition) is 1. The van der Waals surface area contributed by atoms with E-state index in [9.17, 15) is 5.26 Å². The zero-order chi connectivity index (χ0) is 18.6. The van der Waals surface area contributed by atoms with E-state index < -0.39 is 0 Å². The number of hydrogen-bond donors (Lipinski definition) is 0. The molecule has 0 bridgehead atoms. The maximum Gasteiger partial charge on any atom is 0.0998 e. The minimum absolute atomic E-state index is 0.800. The second-order valence-electron chi connectivity index (χ2n) is 7.31. The van der Waals surface area contributed by atoms with Gasteiger partial charge in [0.05, 0.1) is 11.6 Å². The Balaban J connectivity index is 2.02. The van der Waals surface area contributed by atoms with E-state index in [2.05, 4.69) is 62.4 Å². The van der Waals surface area contributed by atoms with E-state index >= 15 is 0 Å². The fourth-order valence-electron chi connectivity index (χ4n) is 3.45. The van der Waals surface area contributed by atoms with E-state index in [1.807, 2.05) is 0 Å². The first-order chi connectivity index (χ1) is 12.8. The first-order valence-electron chi connectivity index (χ1n) is 10.4. The predicted molar refractivity (Wildman–Crippen MR) is 112 cm³/mol. The van der Waals surface area contributed by atoms with Crippen molar-refractivity contribution in [1.82, 2.24) is 0 Å². The molecule has 0 spiro atoms. The second-order valence-corrected chi connectivity index (χ2v) is 7.31. The van der Waals surface area contributed by atoms with Crippen LogP contribution in [-0.2, 0) is 12.8 Å². The van der Waals surface area contributed by atoms with Gasteiger partial charge in [0.2, 0.25) is 0 Å². The molecule has 0 amide bonds. The van der Waals surface area contributed by atoms with Gasteiger partial charge in [0.15, 0.2) is 0 Å². The van der Waals surface area contributed by atoms with E-state index in [4.69, 9.17) is 0 Å². The minimum Gasteiger partial charge on any atom is -0.192 e. The van der Waals surface area contributed by atoms with Gasteiger partial charge < -0.3 is 0 Å². The summed E-state index contributed by atoms with van der Waals surface area (Å²) < 4.78 is 0. The number of nitriles is 1. The quantitative estimate of drug-likeness (QED) is 0.387. The van der Waals surface area contributed by atoms with Gasteiger partial charge in [-0.05, 0) is 54.0 Å². The molecule has 0 aliphatic carbocycles. The van der Waals surface area contributed by atoms with Gasteiger partial charge in [0.25, 0.3) is 0 Å². The Kier molecular flexibility index (Phi) is 8.98. The number of nitrogens with zero attached hydrogens (tertiary/aromatic N) is 1. The Labute approximate surface area is 160 Å². The molecule has 0 heterocycles. The van der Waals surface area contributed by atoms with Gasteiger partial charge >= 0.3 is 0 Å². The lowest BCUT2D eigenvalue weighted by Crippen LogP contribution is -1.91. The molecule has 1 heteroatoms. The van der Waals surface area contributed by atoms with Crippen molar-refractivity contribution in [1.29, 1.82) is 5.26 Å². The highest BCUT2D eigenvalue weighted by atomic mass is 14.2. The maximum atomic E-state index is 9.59. The van der Waals surface area contributed by atoms with Crippen molar-refractivity contribution in [2.75, 3.05) is 0 Å². The van der Waals surface area contributed by atoms with Crippen molar-refractivity contribution in [3.8, 4) is 17.2 Å². The molecule has 0 aromatic heterocycles. The molecular weight excluding hydrogens is 314 g/mol. The highest BCUT2D eigenvalue weighted by Crippen LogP contribution is 2.26. The van der Waals surface area contributed by atoms with E-state index in [0.717, 1.165) is 29.5 Å². The standard InChI is InChI=1S/C25H33N/c1-3-5-7-9-11-21-13-16-23(17-14-21)25-18-15-22(19-24(25)20-26)12-10-8-6-4-2/h13-19H,3-12H2,1-2H3. The lowest BCUT2D eigenvalue weighted by molar-refractivity contribution is 0.667. The van der Waals surface area contributed by atoms with Crippen molar-refractivity contribution in [2.45, 2.75) is 78.1 Å². The van der Waals surface area contributed by atoms with Gasteiger partial charge in [0.1, 0.15) is 0 Å². The van der Waals surface area contributed by atoms with Gasteiger partial charge in [-0.3, -0.25) is 0 Å². The van der Waals surface area contributed by atoms with E-state index in [1.54, 1.807) is 0 Å². The molecule has 0 N–H and O–H groups in total. The second kappa shape index (κ2) is 11.5. The van der Waals surface area contributed by atoms with Crippen LogP contribution >= 0.6 is 0 Å². The third kappa shape index (κ3) is 6.34. The smallest absolute Gasteiger partial charge is 0.0998 e. The minimum atomic E-state index is 0.800. The fraction of sp³-hybridized carbons (Fsp3) is 0.480. The summed E-state index contributed by atoms with van der Waals surface area (Å²) in [6.45, 7) is 4.48. The molecule has 2 aromatic carbocycles. The van der Waals surface area contributed by atoms with Crippen LogP contribution in [0.4, 0.5) is 0 Å². The van der Waals surface area contributed by atoms with Crippen molar-refractivity contribution in [3.63, 3.8) is 0 Å². The third-order valence-electron chi connectivity index (χ3n) is 5.11. The summed E-state index contributed by atoms with van der Waals surface area (Å²) in [5.41, 5.74) is 5.69. The van der Waals surface area contributed by atoms with Gasteiger partial charge in [-0.2, -0.15) is 5.26 Å². The Hall–Kier alpha value is -2.07. The van der Waals surface area contributed by atoms with Crippen LogP contribution in [0.2, 0.25) is 0 Å². The molecule has 0 unspecified atom stereocenters. The van der Waals surface area contributed by atoms with Crippen molar-refractivity contribution in [2.24, 2.45) is 0 Å². The molecule has 0 aliphatic rings. The summed E-state index contributed by atoms with van der Waals surface area (Å²) in [4.78, 5) is 0. The molecule has 2 aromatic rings. The van der Waals surface area contributed by atoms with Crippen LogP contribution in [0.3, 0.4) is 0 Å². The molecule has 0 aliphatic heterocycles. The lowest BCUT2D eigenvalue weighted by atomic mass is 9.95.